The summed E-state index contributed by atoms with van der Waals surface area (Å²) >= 11 is 0. The van der Waals surface area contributed by atoms with E-state index >= 15 is 0 Å². The maximum absolute atomic E-state index is 12.1. The lowest BCUT2D eigenvalue weighted by molar-refractivity contribution is -0.121. The number of hydrogen-bond donors (Lipinski definition) is 1. The number of hydrogen-bond acceptors (Lipinski definition) is 3. The van der Waals surface area contributed by atoms with Crippen LogP contribution in [0.25, 0.3) is 5.69 Å². The van der Waals surface area contributed by atoms with Gasteiger partial charge in [0, 0.05) is 12.6 Å². The lowest BCUT2D eigenvalue weighted by atomic mass is 10.2. The van der Waals surface area contributed by atoms with E-state index in [0.29, 0.717) is 12.8 Å². The van der Waals surface area contributed by atoms with E-state index in [0.717, 1.165) is 22.8 Å². The van der Waals surface area contributed by atoms with Crippen LogP contribution >= 0.6 is 0 Å². The Hall–Kier alpha value is -2.82. The van der Waals surface area contributed by atoms with E-state index in [-0.39, 0.29) is 11.9 Å². The molecule has 1 amide bonds. The second-order valence-corrected chi connectivity index (χ2v) is 5.87. The SMILES string of the molecule is Cc1ccc([C@@H](C)NC(=O)CCc2cnn(-c3ccccc3)c2)o1. The largest absolute Gasteiger partial charge is 0.464 e. The van der Waals surface area contributed by atoms with E-state index in [2.05, 4.69) is 10.4 Å². The Balaban J connectivity index is 1.52. The highest BCUT2D eigenvalue weighted by atomic mass is 16.3. The second kappa shape index (κ2) is 7.17. The fraction of sp³-hybridized carbons (Fsp3) is 0.263. The van der Waals surface area contributed by atoms with Gasteiger partial charge in [-0.1, -0.05) is 18.2 Å². The highest BCUT2D eigenvalue weighted by molar-refractivity contribution is 5.76. The molecule has 5 nitrogen and oxygen atoms in total. The van der Waals surface area contributed by atoms with Crippen molar-refractivity contribution < 1.29 is 9.21 Å². The van der Waals surface area contributed by atoms with Crippen LogP contribution in [-0.4, -0.2) is 15.7 Å². The van der Waals surface area contributed by atoms with Crippen LogP contribution in [0, 0.1) is 6.92 Å². The van der Waals surface area contributed by atoms with E-state index in [9.17, 15) is 4.79 Å². The molecule has 124 valence electrons. The fourth-order valence-electron chi connectivity index (χ4n) is 2.54. The average Bonchev–Trinajstić information content (AvgIpc) is 3.23. The van der Waals surface area contributed by atoms with Crippen LogP contribution < -0.4 is 5.32 Å². The first kappa shape index (κ1) is 16.1. The van der Waals surface area contributed by atoms with E-state index in [1.807, 2.05) is 67.2 Å². The summed E-state index contributed by atoms with van der Waals surface area (Å²) in [7, 11) is 0. The topological polar surface area (TPSA) is 60.1 Å². The van der Waals surface area contributed by atoms with Crippen molar-refractivity contribution in [2.75, 3.05) is 0 Å². The summed E-state index contributed by atoms with van der Waals surface area (Å²) in [6, 6.07) is 13.6. The van der Waals surface area contributed by atoms with Gasteiger partial charge >= 0.3 is 0 Å². The highest BCUT2D eigenvalue weighted by Gasteiger charge is 2.13. The van der Waals surface area contributed by atoms with Crippen LogP contribution in [0.3, 0.4) is 0 Å². The molecule has 0 saturated carbocycles. The van der Waals surface area contributed by atoms with Crippen LogP contribution in [0.15, 0.2) is 59.3 Å². The quantitative estimate of drug-likeness (QED) is 0.754. The lowest BCUT2D eigenvalue weighted by Gasteiger charge is -2.11. The zero-order valence-electron chi connectivity index (χ0n) is 13.9. The molecule has 0 fully saturated rings. The van der Waals surface area contributed by atoms with Crippen LogP contribution in [0.4, 0.5) is 0 Å². The van der Waals surface area contributed by atoms with Crippen molar-refractivity contribution in [2.24, 2.45) is 0 Å². The van der Waals surface area contributed by atoms with Gasteiger partial charge in [-0.3, -0.25) is 4.79 Å². The molecule has 0 aliphatic carbocycles. The predicted molar refractivity (Wildman–Crippen MR) is 91.9 cm³/mol. The lowest BCUT2D eigenvalue weighted by Crippen LogP contribution is -2.26. The Kier molecular flexibility index (Phi) is 4.79. The summed E-state index contributed by atoms with van der Waals surface area (Å²) in [6.45, 7) is 3.81. The van der Waals surface area contributed by atoms with E-state index < -0.39 is 0 Å². The number of benzene rings is 1. The highest BCUT2D eigenvalue weighted by Crippen LogP contribution is 2.16. The minimum absolute atomic E-state index is 0.00372. The number of carbonyl (C=O) groups excluding carboxylic acids is 1. The number of aryl methyl sites for hydroxylation is 2. The molecule has 0 radical (unpaired) electrons. The van der Waals surface area contributed by atoms with Gasteiger partial charge < -0.3 is 9.73 Å². The molecule has 0 aliphatic heterocycles. The van der Waals surface area contributed by atoms with Crippen molar-refractivity contribution in [3.63, 3.8) is 0 Å². The first-order valence-corrected chi connectivity index (χ1v) is 8.06. The normalized spacial score (nSPS) is 12.1. The maximum Gasteiger partial charge on any atom is 0.220 e. The zero-order chi connectivity index (χ0) is 16.9. The molecule has 2 aromatic heterocycles. The van der Waals surface area contributed by atoms with Gasteiger partial charge in [-0.05, 0) is 50.1 Å². The Morgan fingerprint density at radius 1 is 1.25 bits per heavy atom. The molecule has 0 unspecified atom stereocenters. The monoisotopic (exact) mass is 323 g/mol. The third-order valence-electron chi connectivity index (χ3n) is 3.86. The van der Waals surface area contributed by atoms with Crippen molar-refractivity contribution in [3.05, 3.63) is 71.9 Å². The van der Waals surface area contributed by atoms with Crippen molar-refractivity contribution >= 4 is 5.91 Å². The van der Waals surface area contributed by atoms with Gasteiger partial charge in [-0.2, -0.15) is 5.10 Å². The fourth-order valence-corrected chi connectivity index (χ4v) is 2.54. The molecule has 2 heterocycles. The first-order chi connectivity index (χ1) is 11.6. The number of nitrogens with one attached hydrogen (secondary N) is 1. The third kappa shape index (κ3) is 3.93. The third-order valence-corrected chi connectivity index (χ3v) is 3.86. The number of para-hydroxylation sites is 1. The van der Waals surface area contributed by atoms with Gasteiger partial charge in [-0.15, -0.1) is 0 Å². The molecule has 0 aliphatic rings. The standard InChI is InChI=1S/C19H21N3O2/c1-14-8-10-18(24-14)15(2)21-19(23)11-9-16-12-20-22(13-16)17-6-4-3-5-7-17/h3-8,10,12-13,15H,9,11H2,1-2H3,(H,21,23)/t15-/m1/s1. The number of nitrogens with zero attached hydrogens (tertiary/aromatic N) is 2. The molecule has 1 N–H and O–H groups in total. The molecule has 0 spiro atoms. The number of aromatic nitrogens is 2. The summed E-state index contributed by atoms with van der Waals surface area (Å²) in [5.41, 5.74) is 2.05. The molecule has 0 saturated heterocycles. The van der Waals surface area contributed by atoms with Crippen LogP contribution in [-0.2, 0) is 11.2 Å². The molecular formula is C19H21N3O2. The van der Waals surface area contributed by atoms with Gasteiger partial charge in [0.1, 0.15) is 11.5 Å². The van der Waals surface area contributed by atoms with E-state index in [1.165, 1.54) is 0 Å². The Morgan fingerprint density at radius 2 is 2.04 bits per heavy atom. The van der Waals surface area contributed by atoms with Crippen molar-refractivity contribution in [1.82, 2.24) is 15.1 Å². The minimum Gasteiger partial charge on any atom is -0.464 e. The number of carbonyl (C=O) groups is 1. The summed E-state index contributed by atoms with van der Waals surface area (Å²) in [4.78, 5) is 12.1. The Morgan fingerprint density at radius 3 is 2.75 bits per heavy atom. The Bertz CT molecular complexity index is 805. The maximum atomic E-state index is 12.1. The second-order valence-electron chi connectivity index (χ2n) is 5.87. The molecule has 24 heavy (non-hydrogen) atoms. The molecule has 0 bridgehead atoms. The molecular weight excluding hydrogens is 302 g/mol. The zero-order valence-corrected chi connectivity index (χ0v) is 13.9. The minimum atomic E-state index is -0.127. The van der Waals surface area contributed by atoms with Gasteiger partial charge in [0.05, 0.1) is 17.9 Å². The Labute approximate surface area is 141 Å². The predicted octanol–water partition coefficient (Wildman–Crippen LogP) is 3.58. The molecule has 1 atom stereocenters. The van der Waals surface area contributed by atoms with Crippen molar-refractivity contribution in [3.8, 4) is 5.69 Å². The van der Waals surface area contributed by atoms with Gasteiger partial charge in [-0.25, -0.2) is 4.68 Å². The van der Waals surface area contributed by atoms with Gasteiger partial charge in [0.25, 0.3) is 0 Å². The van der Waals surface area contributed by atoms with Crippen LogP contribution in [0.2, 0.25) is 0 Å². The van der Waals surface area contributed by atoms with E-state index in [1.54, 1.807) is 6.20 Å². The van der Waals surface area contributed by atoms with Gasteiger partial charge in [0.15, 0.2) is 0 Å². The molecule has 1 aromatic carbocycles. The van der Waals surface area contributed by atoms with E-state index in [4.69, 9.17) is 4.42 Å². The van der Waals surface area contributed by atoms with Crippen LogP contribution in [0.5, 0.6) is 0 Å². The molecule has 3 rings (SSSR count). The smallest absolute Gasteiger partial charge is 0.220 e. The summed E-state index contributed by atoms with van der Waals surface area (Å²) in [5, 5.41) is 7.30. The van der Waals surface area contributed by atoms with Crippen LogP contribution in [0.1, 0.15) is 36.5 Å². The molecule has 3 aromatic rings. The van der Waals surface area contributed by atoms with Crippen molar-refractivity contribution in [2.45, 2.75) is 32.7 Å². The first-order valence-electron chi connectivity index (χ1n) is 8.06. The summed E-state index contributed by atoms with van der Waals surface area (Å²) in [5.74, 6) is 1.63. The summed E-state index contributed by atoms with van der Waals surface area (Å²) < 4.78 is 7.35. The molecule has 5 heteroatoms. The average molecular weight is 323 g/mol. The van der Waals surface area contributed by atoms with Gasteiger partial charge in [0.2, 0.25) is 5.91 Å². The number of amides is 1. The number of rotatable bonds is 6. The summed E-state index contributed by atoms with van der Waals surface area (Å²) in [6.07, 6.45) is 4.84. The number of furan rings is 1. The van der Waals surface area contributed by atoms with Crippen molar-refractivity contribution in [1.29, 1.82) is 0 Å².